The van der Waals surface area contributed by atoms with Gasteiger partial charge in [0.15, 0.2) is 0 Å². The Kier molecular flexibility index (Phi) is 4.24. The van der Waals surface area contributed by atoms with E-state index in [1.807, 2.05) is 24.3 Å². The smallest absolute Gasteiger partial charge is 0.261 e. The van der Waals surface area contributed by atoms with Crippen LogP contribution in [0.2, 0.25) is 0 Å². The van der Waals surface area contributed by atoms with Crippen LogP contribution < -0.4 is 4.74 Å². The highest BCUT2D eigenvalue weighted by Gasteiger charge is 2.34. The number of ether oxygens (including phenoxy) is 1. The van der Waals surface area contributed by atoms with Crippen LogP contribution in [0.1, 0.15) is 26.3 Å². The first kappa shape index (κ1) is 14.8. The van der Waals surface area contributed by atoms with Gasteiger partial charge in [-0.2, -0.15) is 0 Å². The maximum absolute atomic E-state index is 12.3. The minimum absolute atomic E-state index is 0.236. The number of halogens is 1. The van der Waals surface area contributed by atoms with Crippen LogP contribution in [0.5, 0.6) is 5.75 Å². The second-order valence-corrected chi connectivity index (χ2v) is 5.72. The Morgan fingerprint density at radius 1 is 0.909 bits per heavy atom. The third kappa shape index (κ3) is 2.76. The topological polar surface area (TPSA) is 46.6 Å². The van der Waals surface area contributed by atoms with Crippen LogP contribution in [0.4, 0.5) is 0 Å². The summed E-state index contributed by atoms with van der Waals surface area (Å²) >= 11 is 3.30. The predicted octanol–water partition coefficient (Wildman–Crippen LogP) is 3.26. The van der Waals surface area contributed by atoms with Crippen molar-refractivity contribution in [1.82, 2.24) is 4.90 Å². The van der Waals surface area contributed by atoms with Crippen molar-refractivity contribution in [2.75, 3.05) is 11.9 Å². The van der Waals surface area contributed by atoms with Crippen molar-refractivity contribution in [3.63, 3.8) is 0 Å². The Balaban J connectivity index is 1.74. The number of imide groups is 1. The third-order valence-corrected chi connectivity index (χ3v) is 3.81. The van der Waals surface area contributed by atoms with Crippen LogP contribution in [0.25, 0.3) is 0 Å². The van der Waals surface area contributed by atoms with E-state index in [0.717, 1.165) is 16.6 Å². The molecule has 1 aliphatic heterocycles. The Labute approximate surface area is 136 Å². The van der Waals surface area contributed by atoms with Crippen LogP contribution in [0.3, 0.4) is 0 Å². The number of amides is 2. The maximum atomic E-state index is 12.3. The predicted molar refractivity (Wildman–Crippen MR) is 86.4 cm³/mol. The first-order chi connectivity index (χ1) is 10.7. The largest absolute Gasteiger partial charge is 0.493 e. The maximum Gasteiger partial charge on any atom is 0.261 e. The standard InChI is InChI=1S/C17H14BrNO3/c18-9-10-22-13-7-5-12(6-8-13)11-19-16(20)14-3-1-2-4-15(14)17(19)21/h1-8H,9-11H2. The Bertz CT molecular complexity index is 677. The second kappa shape index (κ2) is 6.32. The minimum Gasteiger partial charge on any atom is -0.493 e. The molecule has 0 bridgehead atoms. The molecule has 0 N–H and O–H groups in total. The van der Waals surface area contributed by atoms with E-state index in [2.05, 4.69) is 15.9 Å². The lowest BCUT2D eigenvalue weighted by Gasteiger charge is -2.14. The monoisotopic (exact) mass is 359 g/mol. The van der Waals surface area contributed by atoms with Crippen LogP contribution in [-0.4, -0.2) is 28.7 Å². The van der Waals surface area contributed by atoms with Gasteiger partial charge in [0.25, 0.3) is 11.8 Å². The van der Waals surface area contributed by atoms with Gasteiger partial charge in [0, 0.05) is 5.33 Å². The highest BCUT2D eigenvalue weighted by molar-refractivity contribution is 9.09. The van der Waals surface area contributed by atoms with Gasteiger partial charge < -0.3 is 4.74 Å². The van der Waals surface area contributed by atoms with E-state index in [4.69, 9.17) is 4.74 Å². The molecule has 4 nitrogen and oxygen atoms in total. The summed E-state index contributed by atoms with van der Waals surface area (Å²) in [6, 6.07) is 14.3. The summed E-state index contributed by atoms with van der Waals surface area (Å²) in [5.41, 5.74) is 1.84. The van der Waals surface area contributed by atoms with Crippen molar-refractivity contribution < 1.29 is 14.3 Å². The minimum atomic E-state index is -0.236. The van der Waals surface area contributed by atoms with Gasteiger partial charge in [0.2, 0.25) is 0 Å². The molecule has 0 atom stereocenters. The fourth-order valence-electron chi connectivity index (χ4n) is 2.41. The molecule has 5 heteroatoms. The Hall–Kier alpha value is -2.14. The van der Waals surface area contributed by atoms with Crippen LogP contribution in [0, 0.1) is 0 Å². The van der Waals surface area contributed by atoms with Gasteiger partial charge in [-0.3, -0.25) is 14.5 Å². The van der Waals surface area contributed by atoms with E-state index in [1.165, 1.54) is 4.90 Å². The first-order valence-electron chi connectivity index (χ1n) is 6.93. The van der Waals surface area contributed by atoms with Gasteiger partial charge in [0.1, 0.15) is 5.75 Å². The SMILES string of the molecule is O=C1c2ccccc2C(=O)N1Cc1ccc(OCCBr)cc1. The number of carbonyl (C=O) groups excluding carboxylic acids is 2. The van der Waals surface area contributed by atoms with E-state index in [-0.39, 0.29) is 18.4 Å². The molecular weight excluding hydrogens is 346 g/mol. The van der Waals surface area contributed by atoms with Crippen LogP contribution in [0.15, 0.2) is 48.5 Å². The number of fused-ring (bicyclic) bond motifs is 1. The van der Waals surface area contributed by atoms with Gasteiger partial charge >= 0.3 is 0 Å². The molecule has 0 aromatic heterocycles. The zero-order valence-electron chi connectivity index (χ0n) is 11.8. The number of benzene rings is 2. The van der Waals surface area contributed by atoms with Gasteiger partial charge in [-0.25, -0.2) is 0 Å². The number of nitrogens with zero attached hydrogens (tertiary/aromatic N) is 1. The highest BCUT2D eigenvalue weighted by atomic mass is 79.9. The molecule has 3 rings (SSSR count). The van der Waals surface area contributed by atoms with Crippen molar-refractivity contribution in [2.24, 2.45) is 0 Å². The van der Waals surface area contributed by atoms with E-state index >= 15 is 0 Å². The molecule has 2 amide bonds. The zero-order chi connectivity index (χ0) is 15.5. The lowest BCUT2D eigenvalue weighted by atomic mass is 10.1. The van der Waals surface area contributed by atoms with Crippen molar-refractivity contribution in [3.05, 3.63) is 65.2 Å². The summed E-state index contributed by atoms with van der Waals surface area (Å²) in [6.07, 6.45) is 0. The fraction of sp³-hybridized carbons (Fsp3) is 0.176. The quantitative estimate of drug-likeness (QED) is 0.608. The summed E-state index contributed by atoms with van der Waals surface area (Å²) in [5, 5.41) is 0.768. The number of hydrogen-bond donors (Lipinski definition) is 0. The van der Waals surface area contributed by atoms with Gasteiger partial charge in [0.05, 0.1) is 24.3 Å². The molecule has 0 saturated heterocycles. The van der Waals surface area contributed by atoms with Crippen molar-refractivity contribution in [1.29, 1.82) is 0 Å². The van der Waals surface area contributed by atoms with Crippen molar-refractivity contribution in [3.8, 4) is 5.75 Å². The highest BCUT2D eigenvalue weighted by Crippen LogP contribution is 2.24. The molecule has 2 aromatic carbocycles. The van der Waals surface area contributed by atoms with E-state index in [9.17, 15) is 9.59 Å². The molecule has 1 aliphatic rings. The molecule has 2 aromatic rings. The van der Waals surface area contributed by atoms with E-state index in [0.29, 0.717) is 17.7 Å². The third-order valence-electron chi connectivity index (χ3n) is 3.49. The normalized spacial score (nSPS) is 13.4. The summed E-state index contributed by atoms with van der Waals surface area (Å²) < 4.78 is 5.48. The fourth-order valence-corrected chi connectivity index (χ4v) is 2.57. The van der Waals surface area contributed by atoms with Crippen molar-refractivity contribution >= 4 is 27.7 Å². The number of alkyl halides is 1. The van der Waals surface area contributed by atoms with Gasteiger partial charge in [-0.15, -0.1) is 0 Å². The molecule has 0 radical (unpaired) electrons. The number of hydrogen-bond acceptors (Lipinski definition) is 3. The Morgan fingerprint density at radius 2 is 1.50 bits per heavy atom. The number of carbonyl (C=O) groups is 2. The molecule has 22 heavy (non-hydrogen) atoms. The second-order valence-electron chi connectivity index (χ2n) is 4.92. The van der Waals surface area contributed by atoms with Gasteiger partial charge in [-0.05, 0) is 29.8 Å². The summed E-state index contributed by atoms with van der Waals surface area (Å²) in [4.78, 5) is 25.9. The molecule has 1 heterocycles. The van der Waals surface area contributed by atoms with Crippen LogP contribution >= 0.6 is 15.9 Å². The number of rotatable bonds is 5. The van der Waals surface area contributed by atoms with Crippen molar-refractivity contribution in [2.45, 2.75) is 6.54 Å². The average Bonchev–Trinajstić information content (AvgIpc) is 2.80. The molecule has 0 aliphatic carbocycles. The summed E-state index contributed by atoms with van der Waals surface area (Å²) in [7, 11) is 0. The first-order valence-corrected chi connectivity index (χ1v) is 8.06. The average molecular weight is 360 g/mol. The Morgan fingerprint density at radius 3 is 2.05 bits per heavy atom. The lowest BCUT2D eigenvalue weighted by Crippen LogP contribution is -2.29. The molecular formula is C17H14BrNO3. The van der Waals surface area contributed by atoms with Crippen LogP contribution in [-0.2, 0) is 6.54 Å². The zero-order valence-corrected chi connectivity index (χ0v) is 13.4. The summed E-state index contributed by atoms with van der Waals surface area (Å²) in [5.74, 6) is 0.297. The molecule has 0 saturated carbocycles. The lowest BCUT2D eigenvalue weighted by molar-refractivity contribution is 0.0642. The van der Waals surface area contributed by atoms with E-state index in [1.54, 1.807) is 24.3 Å². The molecule has 0 unspecified atom stereocenters. The molecule has 0 spiro atoms. The molecule has 0 fully saturated rings. The van der Waals surface area contributed by atoms with E-state index < -0.39 is 0 Å². The van der Waals surface area contributed by atoms with Gasteiger partial charge in [-0.1, -0.05) is 40.2 Å². The molecule has 112 valence electrons. The summed E-state index contributed by atoms with van der Waals surface area (Å²) in [6.45, 7) is 0.864.